The Morgan fingerprint density at radius 2 is 1.84 bits per heavy atom. The van der Waals surface area contributed by atoms with Crippen LogP contribution < -0.4 is 9.47 Å². The maximum Gasteiger partial charge on any atom is 0.511 e. The van der Waals surface area contributed by atoms with Gasteiger partial charge in [-0.1, -0.05) is 17.7 Å². The van der Waals surface area contributed by atoms with Gasteiger partial charge in [-0.05, 0) is 54.6 Å². The highest BCUT2D eigenvalue weighted by Gasteiger charge is 2.13. The lowest BCUT2D eigenvalue weighted by Gasteiger charge is -2.14. The molecule has 3 aromatic carbocycles. The zero-order valence-corrected chi connectivity index (χ0v) is 16.8. The number of hydrogen-bond donors (Lipinski definition) is 1. The van der Waals surface area contributed by atoms with Crippen molar-refractivity contribution in [2.75, 3.05) is 0 Å². The predicted molar refractivity (Wildman–Crippen MR) is 112 cm³/mol. The summed E-state index contributed by atoms with van der Waals surface area (Å²) in [6, 6.07) is 15.1. The van der Waals surface area contributed by atoms with Gasteiger partial charge in [0.1, 0.15) is 29.7 Å². The molecule has 31 heavy (non-hydrogen) atoms. The molecule has 0 amide bonds. The van der Waals surface area contributed by atoms with E-state index in [4.69, 9.17) is 26.2 Å². The summed E-state index contributed by atoms with van der Waals surface area (Å²) >= 11 is 6.16. The minimum absolute atomic E-state index is 0.0998. The number of fused-ring (bicyclic) bond motifs is 1. The topological polar surface area (TPSA) is 60.7 Å². The highest BCUT2D eigenvalue weighted by atomic mass is 35.5. The van der Waals surface area contributed by atoms with E-state index in [9.17, 15) is 13.6 Å². The summed E-state index contributed by atoms with van der Waals surface area (Å²) in [5, 5.41) is 10.0. The molecule has 4 rings (SSSR count). The lowest BCUT2D eigenvalue weighted by Crippen LogP contribution is -2.05. The van der Waals surface area contributed by atoms with Crippen molar-refractivity contribution in [3.05, 3.63) is 94.6 Å². The normalized spacial score (nSPS) is 10.9. The number of benzene rings is 3. The SMILES string of the molecule is O=C(O)Oc1cccc2c1ccn2Cc1cc(Cl)ccc1OCc1cc(F)ccc1F. The van der Waals surface area contributed by atoms with Gasteiger partial charge in [0, 0.05) is 27.7 Å². The summed E-state index contributed by atoms with van der Waals surface area (Å²) in [6.45, 7) is 0.197. The molecule has 0 saturated carbocycles. The van der Waals surface area contributed by atoms with Crippen molar-refractivity contribution in [1.82, 2.24) is 4.57 Å². The fourth-order valence-electron chi connectivity index (χ4n) is 3.32. The van der Waals surface area contributed by atoms with Gasteiger partial charge in [-0.25, -0.2) is 13.6 Å². The summed E-state index contributed by atoms with van der Waals surface area (Å²) < 4.78 is 39.8. The summed E-state index contributed by atoms with van der Waals surface area (Å²) in [5.74, 6) is -0.408. The zero-order valence-electron chi connectivity index (χ0n) is 16.0. The van der Waals surface area contributed by atoms with Crippen molar-refractivity contribution in [2.24, 2.45) is 0 Å². The minimum atomic E-state index is -1.39. The molecule has 0 bridgehead atoms. The first-order chi connectivity index (χ1) is 14.9. The summed E-state index contributed by atoms with van der Waals surface area (Å²) in [4.78, 5) is 10.9. The van der Waals surface area contributed by atoms with Crippen LogP contribution in [0, 0.1) is 11.6 Å². The second-order valence-electron chi connectivity index (χ2n) is 6.78. The summed E-state index contributed by atoms with van der Waals surface area (Å²) in [7, 11) is 0. The van der Waals surface area contributed by atoms with Crippen molar-refractivity contribution < 1.29 is 28.2 Å². The Labute approximate surface area is 181 Å². The monoisotopic (exact) mass is 443 g/mol. The molecule has 1 heterocycles. The fourth-order valence-corrected chi connectivity index (χ4v) is 3.52. The van der Waals surface area contributed by atoms with Crippen molar-refractivity contribution in [2.45, 2.75) is 13.2 Å². The molecule has 4 aromatic rings. The first-order valence-corrected chi connectivity index (χ1v) is 9.62. The number of carboxylic acid groups (broad SMARTS) is 1. The lowest BCUT2D eigenvalue weighted by molar-refractivity contribution is 0.145. The van der Waals surface area contributed by atoms with Crippen molar-refractivity contribution >= 4 is 28.7 Å². The van der Waals surface area contributed by atoms with Gasteiger partial charge in [-0.3, -0.25) is 0 Å². The first kappa shape index (κ1) is 20.7. The molecule has 0 fully saturated rings. The quantitative estimate of drug-likeness (QED) is 0.282. The molecule has 0 spiro atoms. The van der Waals surface area contributed by atoms with Crippen LogP contribution in [0.4, 0.5) is 13.6 Å². The Kier molecular flexibility index (Phi) is 5.77. The van der Waals surface area contributed by atoms with Gasteiger partial charge < -0.3 is 19.1 Å². The predicted octanol–water partition coefficient (Wildman–Crippen LogP) is 6.26. The van der Waals surface area contributed by atoms with Crippen molar-refractivity contribution in [1.29, 1.82) is 0 Å². The van der Waals surface area contributed by atoms with Crippen LogP contribution in [-0.4, -0.2) is 15.8 Å². The number of hydrogen-bond acceptors (Lipinski definition) is 3. The van der Waals surface area contributed by atoms with Crippen LogP contribution in [0.3, 0.4) is 0 Å². The van der Waals surface area contributed by atoms with Crippen molar-refractivity contribution in [3.63, 3.8) is 0 Å². The smallest absolute Gasteiger partial charge is 0.488 e. The summed E-state index contributed by atoms with van der Waals surface area (Å²) in [6.07, 6.45) is 0.395. The van der Waals surface area contributed by atoms with Gasteiger partial charge in [0.2, 0.25) is 0 Å². The van der Waals surface area contributed by atoms with E-state index in [-0.39, 0.29) is 17.9 Å². The average molecular weight is 444 g/mol. The average Bonchev–Trinajstić information content (AvgIpc) is 3.13. The van der Waals surface area contributed by atoms with Gasteiger partial charge in [0.25, 0.3) is 0 Å². The number of carbonyl (C=O) groups is 1. The fraction of sp³-hybridized carbons (Fsp3) is 0.0870. The molecule has 0 aliphatic rings. The van der Waals surface area contributed by atoms with Crippen LogP contribution >= 0.6 is 11.6 Å². The maximum absolute atomic E-state index is 13.9. The molecule has 0 radical (unpaired) electrons. The van der Waals surface area contributed by atoms with Gasteiger partial charge >= 0.3 is 6.16 Å². The molecule has 158 valence electrons. The van der Waals surface area contributed by atoms with E-state index in [1.165, 1.54) is 0 Å². The molecule has 1 aromatic heterocycles. The van der Waals surface area contributed by atoms with Gasteiger partial charge in [-0.2, -0.15) is 0 Å². The highest BCUT2D eigenvalue weighted by molar-refractivity contribution is 6.30. The molecule has 8 heteroatoms. The number of nitrogens with zero attached hydrogens (tertiary/aromatic N) is 1. The molecule has 0 unspecified atom stereocenters. The van der Waals surface area contributed by atoms with Gasteiger partial charge in [-0.15, -0.1) is 0 Å². The zero-order chi connectivity index (χ0) is 22.0. The van der Waals surface area contributed by atoms with Crippen LogP contribution in [0.1, 0.15) is 11.1 Å². The summed E-state index contributed by atoms with van der Waals surface area (Å²) in [5.41, 5.74) is 1.56. The standard InChI is InChI=1S/C23H16ClF2NO4/c24-16-4-7-21(30-13-15-11-17(25)5-6-19(15)26)14(10-16)12-27-9-8-18-20(27)2-1-3-22(18)31-23(28)29/h1-11H,12-13H2,(H,28,29). The molecule has 0 atom stereocenters. The van der Waals surface area contributed by atoms with Gasteiger partial charge in [0.05, 0.1) is 12.1 Å². The molecule has 0 aliphatic carbocycles. The van der Waals surface area contributed by atoms with E-state index in [1.54, 1.807) is 42.6 Å². The van der Waals surface area contributed by atoms with E-state index in [2.05, 4.69) is 0 Å². The first-order valence-electron chi connectivity index (χ1n) is 9.24. The van der Waals surface area contributed by atoms with E-state index >= 15 is 0 Å². The van der Waals surface area contributed by atoms with E-state index < -0.39 is 17.8 Å². The lowest BCUT2D eigenvalue weighted by atomic mass is 10.2. The van der Waals surface area contributed by atoms with E-state index in [0.29, 0.717) is 28.3 Å². The van der Waals surface area contributed by atoms with E-state index in [0.717, 1.165) is 23.7 Å². The third kappa shape index (κ3) is 4.62. The van der Waals surface area contributed by atoms with Crippen LogP contribution in [0.25, 0.3) is 10.9 Å². The Morgan fingerprint density at radius 1 is 1.00 bits per heavy atom. The molecular weight excluding hydrogens is 428 g/mol. The van der Waals surface area contributed by atoms with Crippen LogP contribution in [0.15, 0.2) is 66.9 Å². The minimum Gasteiger partial charge on any atom is -0.488 e. The Bertz CT molecular complexity index is 1270. The third-order valence-corrected chi connectivity index (χ3v) is 4.96. The van der Waals surface area contributed by atoms with Crippen LogP contribution in [-0.2, 0) is 13.2 Å². The largest absolute Gasteiger partial charge is 0.511 e. The number of aromatic nitrogens is 1. The second-order valence-corrected chi connectivity index (χ2v) is 7.21. The van der Waals surface area contributed by atoms with E-state index in [1.807, 2.05) is 10.6 Å². The Balaban J connectivity index is 1.62. The second kappa shape index (κ2) is 8.65. The molecule has 1 N–H and O–H groups in total. The van der Waals surface area contributed by atoms with Crippen LogP contribution in [0.2, 0.25) is 5.02 Å². The number of ether oxygens (including phenoxy) is 2. The van der Waals surface area contributed by atoms with Crippen LogP contribution in [0.5, 0.6) is 11.5 Å². The molecule has 0 saturated heterocycles. The highest BCUT2D eigenvalue weighted by Crippen LogP contribution is 2.30. The number of halogens is 3. The molecular formula is C23H16ClF2NO4. The Hall–Kier alpha value is -3.58. The van der Waals surface area contributed by atoms with Crippen molar-refractivity contribution in [3.8, 4) is 11.5 Å². The maximum atomic E-state index is 13.9. The third-order valence-electron chi connectivity index (χ3n) is 4.73. The molecule has 0 aliphatic heterocycles. The van der Waals surface area contributed by atoms with Gasteiger partial charge in [0.15, 0.2) is 0 Å². The number of rotatable bonds is 6. The molecule has 5 nitrogen and oxygen atoms in total. The Morgan fingerprint density at radius 3 is 2.65 bits per heavy atom.